The van der Waals surface area contributed by atoms with Crippen molar-refractivity contribution >= 4 is 27.4 Å². The summed E-state index contributed by atoms with van der Waals surface area (Å²) in [4.78, 5) is 18.3. The van der Waals surface area contributed by atoms with E-state index in [2.05, 4.69) is 10.3 Å². The van der Waals surface area contributed by atoms with Gasteiger partial charge < -0.3 is 20.7 Å². The maximum absolute atomic E-state index is 12.1. The second-order valence-electron chi connectivity index (χ2n) is 4.12. The number of anilines is 2. The smallest absolute Gasteiger partial charge is 0.245 e. The van der Waals surface area contributed by atoms with Crippen molar-refractivity contribution in [1.29, 1.82) is 0 Å². The van der Waals surface area contributed by atoms with Gasteiger partial charge in [-0.2, -0.15) is 0 Å². The lowest BCUT2D eigenvalue weighted by molar-refractivity contribution is -0.124. The highest BCUT2D eigenvalue weighted by Crippen LogP contribution is 2.27. The minimum atomic E-state index is -0.309. The van der Waals surface area contributed by atoms with Crippen LogP contribution in [0.1, 0.15) is 13.3 Å². The number of hydrogen-bond acceptors (Lipinski definition) is 6. The Morgan fingerprint density at radius 3 is 3.28 bits per heavy atom. The van der Waals surface area contributed by atoms with Crippen molar-refractivity contribution in [3.8, 4) is 0 Å². The molecule has 1 aliphatic heterocycles. The molecule has 0 aromatic carbocycles. The van der Waals surface area contributed by atoms with Gasteiger partial charge in [0.15, 0.2) is 5.13 Å². The highest BCUT2D eigenvalue weighted by Gasteiger charge is 2.30. The summed E-state index contributed by atoms with van der Waals surface area (Å²) in [7, 11) is 0. The third kappa shape index (κ3) is 2.91. The zero-order valence-corrected chi connectivity index (χ0v) is 11.2. The Morgan fingerprint density at radius 2 is 2.61 bits per heavy atom. The van der Waals surface area contributed by atoms with Crippen molar-refractivity contribution < 1.29 is 9.53 Å². The molecule has 1 aromatic rings. The molecular formula is C11H18N4O2S. The molecule has 2 heterocycles. The molecule has 0 radical (unpaired) electrons. The number of nitrogens with two attached hydrogens (primary N) is 1. The molecule has 1 unspecified atom stereocenters. The number of thiazole rings is 1. The Bertz CT molecular complexity index is 410. The van der Waals surface area contributed by atoms with Crippen LogP contribution in [0.5, 0.6) is 0 Å². The van der Waals surface area contributed by atoms with Crippen molar-refractivity contribution in [3.63, 3.8) is 0 Å². The molecule has 0 saturated carbocycles. The summed E-state index contributed by atoms with van der Waals surface area (Å²) in [6.45, 7) is 4.38. The van der Waals surface area contributed by atoms with E-state index in [-0.39, 0.29) is 11.9 Å². The van der Waals surface area contributed by atoms with Crippen LogP contribution in [0, 0.1) is 0 Å². The summed E-state index contributed by atoms with van der Waals surface area (Å²) in [5, 5.41) is 4.33. The number of rotatable bonds is 4. The van der Waals surface area contributed by atoms with Gasteiger partial charge in [-0.3, -0.25) is 4.79 Å². The van der Waals surface area contributed by atoms with Crippen molar-refractivity contribution in [1.82, 2.24) is 10.3 Å². The van der Waals surface area contributed by atoms with E-state index < -0.39 is 0 Å². The Morgan fingerprint density at radius 1 is 1.78 bits per heavy atom. The lowest BCUT2D eigenvalue weighted by atomic mass is 10.2. The van der Waals surface area contributed by atoms with Crippen LogP contribution in [0.3, 0.4) is 0 Å². The fourth-order valence-corrected chi connectivity index (χ4v) is 2.58. The fraction of sp³-hybridized carbons (Fsp3) is 0.636. The molecule has 18 heavy (non-hydrogen) atoms. The molecule has 1 atom stereocenters. The van der Waals surface area contributed by atoms with E-state index in [4.69, 9.17) is 10.5 Å². The molecule has 0 bridgehead atoms. The monoisotopic (exact) mass is 270 g/mol. The lowest BCUT2D eigenvalue weighted by Gasteiger charge is -2.34. The maximum atomic E-state index is 12.1. The van der Waals surface area contributed by atoms with Gasteiger partial charge in [-0.25, -0.2) is 4.98 Å². The molecule has 1 aromatic heterocycles. The average molecular weight is 270 g/mol. The van der Waals surface area contributed by atoms with E-state index >= 15 is 0 Å². The van der Waals surface area contributed by atoms with Gasteiger partial charge in [0.2, 0.25) is 5.91 Å². The van der Waals surface area contributed by atoms with E-state index in [1.54, 1.807) is 6.20 Å². The summed E-state index contributed by atoms with van der Waals surface area (Å²) in [5.74, 6) is -0.00896. The Kier molecular flexibility index (Phi) is 4.38. The van der Waals surface area contributed by atoms with Crippen molar-refractivity contribution in [2.45, 2.75) is 19.4 Å². The number of ether oxygens (including phenoxy) is 1. The van der Waals surface area contributed by atoms with Crippen LogP contribution in [0.2, 0.25) is 0 Å². The summed E-state index contributed by atoms with van der Waals surface area (Å²) >= 11 is 1.40. The lowest BCUT2D eigenvalue weighted by Crippen LogP contribution is -2.54. The van der Waals surface area contributed by atoms with Crippen molar-refractivity contribution in [3.05, 3.63) is 6.20 Å². The molecule has 6 nitrogen and oxygen atoms in total. The predicted molar refractivity (Wildman–Crippen MR) is 71.8 cm³/mol. The first-order valence-corrected chi connectivity index (χ1v) is 6.87. The van der Waals surface area contributed by atoms with Gasteiger partial charge in [0.05, 0.1) is 19.4 Å². The van der Waals surface area contributed by atoms with Gasteiger partial charge in [-0.1, -0.05) is 18.3 Å². The first kappa shape index (κ1) is 13.1. The summed E-state index contributed by atoms with van der Waals surface area (Å²) in [6.07, 6.45) is 2.54. The summed E-state index contributed by atoms with van der Waals surface area (Å²) < 4.78 is 5.38. The number of nitrogens with zero attached hydrogens (tertiary/aromatic N) is 2. The van der Waals surface area contributed by atoms with Gasteiger partial charge in [-0.05, 0) is 6.42 Å². The number of nitrogens with one attached hydrogen (secondary N) is 1. The second kappa shape index (κ2) is 6.01. The van der Waals surface area contributed by atoms with Crippen LogP contribution < -0.4 is 16.0 Å². The molecular weight excluding hydrogens is 252 g/mol. The largest absolute Gasteiger partial charge is 0.389 e. The van der Waals surface area contributed by atoms with E-state index in [0.717, 1.165) is 11.6 Å². The molecule has 1 aliphatic rings. The molecule has 1 amide bonds. The topological polar surface area (TPSA) is 80.5 Å². The van der Waals surface area contributed by atoms with Gasteiger partial charge in [0.1, 0.15) is 11.0 Å². The first-order chi connectivity index (χ1) is 8.72. The van der Waals surface area contributed by atoms with Gasteiger partial charge in [0, 0.05) is 13.1 Å². The first-order valence-electron chi connectivity index (χ1n) is 6.05. The quantitative estimate of drug-likeness (QED) is 0.830. The van der Waals surface area contributed by atoms with E-state index in [1.165, 1.54) is 11.3 Å². The normalized spacial score (nSPS) is 19.8. The Labute approximate surface area is 110 Å². The number of morpholine rings is 1. The third-order valence-electron chi connectivity index (χ3n) is 2.74. The number of carbonyl (C=O) groups is 1. The highest BCUT2D eigenvalue weighted by molar-refractivity contribution is 7.19. The average Bonchev–Trinajstić information content (AvgIpc) is 2.82. The minimum Gasteiger partial charge on any atom is -0.389 e. The predicted octanol–water partition coefficient (Wildman–Crippen LogP) is 0.457. The molecule has 1 saturated heterocycles. The number of aromatic nitrogens is 1. The number of carbonyl (C=O) groups excluding carboxylic acids is 1. The minimum absolute atomic E-state index is 0.00896. The van der Waals surface area contributed by atoms with Gasteiger partial charge >= 0.3 is 0 Å². The van der Waals surface area contributed by atoms with Crippen molar-refractivity contribution in [2.75, 3.05) is 36.9 Å². The SMILES string of the molecule is CCCNC(=O)C1COCCN1c1ncc(N)s1. The highest BCUT2D eigenvalue weighted by atomic mass is 32.1. The molecule has 7 heteroatoms. The molecule has 0 spiro atoms. The molecule has 3 N–H and O–H groups in total. The zero-order chi connectivity index (χ0) is 13.0. The molecule has 0 aliphatic carbocycles. The van der Waals surface area contributed by atoms with Crippen LogP contribution in [0.25, 0.3) is 0 Å². The molecule has 1 fully saturated rings. The van der Waals surface area contributed by atoms with Crippen LogP contribution in [0.15, 0.2) is 6.20 Å². The van der Waals surface area contributed by atoms with Crippen LogP contribution >= 0.6 is 11.3 Å². The van der Waals surface area contributed by atoms with E-state index in [1.807, 2.05) is 11.8 Å². The zero-order valence-electron chi connectivity index (χ0n) is 10.4. The van der Waals surface area contributed by atoms with E-state index in [0.29, 0.717) is 31.3 Å². The van der Waals surface area contributed by atoms with Crippen molar-refractivity contribution in [2.24, 2.45) is 0 Å². The van der Waals surface area contributed by atoms with Crippen LogP contribution in [0.4, 0.5) is 10.1 Å². The molecule has 2 rings (SSSR count). The summed E-state index contributed by atoms with van der Waals surface area (Å²) in [6, 6.07) is -0.309. The van der Waals surface area contributed by atoms with E-state index in [9.17, 15) is 4.79 Å². The van der Waals surface area contributed by atoms with Crippen LogP contribution in [-0.4, -0.2) is 43.2 Å². The number of amides is 1. The van der Waals surface area contributed by atoms with Gasteiger partial charge in [0.25, 0.3) is 0 Å². The Hall–Kier alpha value is -1.34. The molecule has 100 valence electrons. The number of nitrogen functional groups attached to an aromatic ring is 1. The Balaban J connectivity index is 2.08. The third-order valence-corrected chi connectivity index (χ3v) is 3.60. The number of hydrogen-bond donors (Lipinski definition) is 2. The fourth-order valence-electron chi connectivity index (χ4n) is 1.83. The van der Waals surface area contributed by atoms with Crippen LogP contribution in [-0.2, 0) is 9.53 Å². The standard InChI is InChI=1S/C11H18N4O2S/c1-2-3-13-10(16)8-7-17-5-4-15(8)11-14-6-9(12)18-11/h6,8H,2-5,7,12H2,1H3,(H,13,16). The van der Waals surface area contributed by atoms with Gasteiger partial charge in [-0.15, -0.1) is 0 Å². The summed E-state index contributed by atoms with van der Waals surface area (Å²) in [5.41, 5.74) is 5.68. The maximum Gasteiger partial charge on any atom is 0.245 e. The second-order valence-corrected chi connectivity index (χ2v) is 5.16.